The van der Waals surface area contributed by atoms with Gasteiger partial charge in [0.2, 0.25) is 5.88 Å². The smallest absolute Gasteiger partial charge is 0.335 e. The largest absolute Gasteiger partial charge is 0.478 e. The molecule has 2 aromatic heterocycles. The van der Waals surface area contributed by atoms with Crippen molar-refractivity contribution in [2.75, 3.05) is 19.8 Å². The average molecular weight is 728 g/mol. The zero-order valence-corrected chi connectivity index (χ0v) is 31.3. The van der Waals surface area contributed by atoms with E-state index in [0.29, 0.717) is 24.4 Å². The third kappa shape index (κ3) is 8.03. The fourth-order valence-corrected chi connectivity index (χ4v) is 7.43. The maximum atomic E-state index is 14.6. The van der Waals surface area contributed by atoms with Gasteiger partial charge >= 0.3 is 12.0 Å². The normalized spacial score (nSPS) is 21.6. The number of benzene rings is 1. The van der Waals surface area contributed by atoms with E-state index in [-0.39, 0.29) is 53.6 Å². The summed E-state index contributed by atoms with van der Waals surface area (Å²) in [5.41, 5.74) is -0.270. The molecule has 48 heavy (non-hydrogen) atoms. The number of halogens is 3. The highest BCUT2D eigenvalue weighted by Gasteiger charge is 2.52. The van der Waals surface area contributed by atoms with Crippen molar-refractivity contribution in [2.24, 2.45) is 0 Å². The summed E-state index contributed by atoms with van der Waals surface area (Å²) < 4.78 is 67.9. The number of carbonyl (C=O) groups is 1. The summed E-state index contributed by atoms with van der Waals surface area (Å²) in [6, 6.07) is 4.13. The van der Waals surface area contributed by atoms with Crippen molar-refractivity contribution in [3.8, 4) is 11.9 Å². The van der Waals surface area contributed by atoms with E-state index in [1.54, 1.807) is 4.57 Å². The lowest BCUT2D eigenvalue weighted by molar-refractivity contribution is 0.00686. The fraction of sp³-hybridized carbons (Fsp3) is 0.594. The number of hydrogen-bond acceptors (Lipinski definition) is 9. The first-order valence-electron chi connectivity index (χ1n) is 15.9. The van der Waals surface area contributed by atoms with Crippen LogP contribution in [0.4, 0.5) is 8.78 Å². The van der Waals surface area contributed by atoms with E-state index < -0.39 is 57.8 Å². The van der Waals surface area contributed by atoms with Gasteiger partial charge in [-0.2, -0.15) is 9.97 Å². The van der Waals surface area contributed by atoms with Crippen molar-refractivity contribution in [3.63, 3.8) is 0 Å². The molecule has 2 aliphatic rings. The fourth-order valence-electron chi connectivity index (χ4n) is 5.16. The SMILES string of the molecule is CC(C)(C)[Si](C)(C)O[C@@H]1CO[C@H]2[C@@H]1OC[C@H]2Oc1nc2cc(Cl)c(OCc3c(F)cc(C(=O)O)cc3F)nc2n1COCC[Si](C)(C)C. The molecule has 2 aliphatic heterocycles. The quantitative estimate of drug-likeness (QED) is 0.147. The molecule has 2 saturated heterocycles. The van der Waals surface area contributed by atoms with Gasteiger partial charge in [0.25, 0.3) is 0 Å². The summed E-state index contributed by atoms with van der Waals surface area (Å²) in [7, 11) is -3.45. The third-order valence-corrected chi connectivity index (χ3v) is 15.5. The van der Waals surface area contributed by atoms with Gasteiger partial charge in [-0.1, -0.05) is 52.0 Å². The Labute approximate surface area is 285 Å². The maximum absolute atomic E-state index is 14.6. The maximum Gasteiger partial charge on any atom is 0.335 e. The van der Waals surface area contributed by atoms with E-state index in [9.17, 15) is 13.6 Å². The van der Waals surface area contributed by atoms with Crippen molar-refractivity contribution < 1.29 is 46.8 Å². The second-order valence-corrected chi connectivity index (χ2v) is 25.8. The molecule has 11 nitrogen and oxygen atoms in total. The van der Waals surface area contributed by atoms with Gasteiger partial charge in [-0.05, 0) is 42.4 Å². The van der Waals surface area contributed by atoms with Gasteiger partial charge in [-0.15, -0.1) is 0 Å². The van der Waals surface area contributed by atoms with Crippen molar-refractivity contribution in [2.45, 2.75) is 102 Å². The second-order valence-electron chi connectivity index (χ2n) is 15.0. The first kappa shape index (κ1) is 36.6. The molecule has 0 aliphatic carbocycles. The topological polar surface area (TPSA) is 123 Å². The predicted octanol–water partition coefficient (Wildman–Crippen LogP) is 6.89. The Morgan fingerprint density at radius 1 is 1.04 bits per heavy atom. The molecule has 264 valence electrons. The van der Waals surface area contributed by atoms with E-state index in [1.165, 1.54) is 6.07 Å². The Balaban J connectivity index is 1.38. The molecule has 16 heteroatoms. The van der Waals surface area contributed by atoms with Crippen LogP contribution in [-0.4, -0.2) is 86.2 Å². The highest BCUT2D eigenvalue weighted by atomic mass is 35.5. The zero-order valence-electron chi connectivity index (χ0n) is 28.6. The molecule has 4 heterocycles. The molecule has 0 amide bonds. The Morgan fingerprint density at radius 3 is 2.27 bits per heavy atom. The minimum atomic E-state index is -2.07. The predicted molar refractivity (Wildman–Crippen MR) is 180 cm³/mol. The molecule has 0 spiro atoms. The van der Waals surface area contributed by atoms with E-state index >= 15 is 0 Å². The molecule has 5 rings (SSSR count). The molecule has 0 saturated carbocycles. The number of rotatable bonds is 13. The number of ether oxygens (including phenoxy) is 5. The van der Waals surface area contributed by atoms with Gasteiger partial charge in [-0.25, -0.2) is 13.6 Å². The van der Waals surface area contributed by atoms with E-state index in [4.69, 9.17) is 44.8 Å². The number of nitrogens with zero attached hydrogens (tertiary/aromatic N) is 3. The number of carboxylic acid groups (broad SMARTS) is 1. The van der Waals surface area contributed by atoms with Crippen LogP contribution in [0, 0.1) is 11.6 Å². The number of fused-ring (bicyclic) bond motifs is 2. The number of aromatic carboxylic acids is 1. The molecule has 0 radical (unpaired) electrons. The van der Waals surface area contributed by atoms with Crippen molar-refractivity contribution in [1.82, 2.24) is 14.5 Å². The minimum absolute atomic E-state index is 0.0318. The van der Waals surface area contributed by atoms with Crippen LogP contribution in [0.25, 0.3) is 11.2 Å². The number of imidazole rings is 1. The Bertz CT molecular complexity index is 1640. The molecule has 0 unspecified atom stereocenters. The molecular weight excluding hydrogens is 684 g/mol. The van der Waals surface area contributed by atoms with Gasteiger partial charge in [0.05, 0.1) is 30.4 Å². The molecule has 0 bridgehead atoms. The Kier molecular flexibility index (Phi) is 10.6. The molecule has 3 aromatic rings. The summed E-state index contributed by atoms with van der Waals surface area (Å²) in [6.07, 6.45) is -1.34. The summed E-state index contributed by atoms with van der Waals surface area (Å²) in [6.45, 7) is 18.4. The summed E-state index contributed by atoms with van der Waals surface area (Å²) in [5, 5.41) is 9.17. The number of aromatic nitrogens is 3. The van der Waals surface area contributed by atoms with Crippen LogP contribution in [0.5, 0.6) is 11.9 Å². The van der Waals surface area contributed by atoms with Gasteiger partial charge < -0.3 is 33.2 Å². The van der Waals surface area contributed by atoms with Gasteiger partial charge in [0.1, 0.15) is 47.7 Å². The van der Waals surface area contributed by atoms with Crippen LogP contribution >= 0.6 is 11.6 Å². The average Bonchev–Trinajstić information content (AvgIpc) is 3.64. The molecule has 4 atom stereocenters. The second kappa shape index (κ2) is 13.9. The van der Waals surface area contributed by atoms with E-state index in [0.717, 1.165) is 18.2 Å². The van der Waals surface area contributed by atoms with Gasteiger partial charge in [-0.3, -0.25) is 4.57 Å². The summed E-state index contributed by atoms with van der Waals surface area (Å²) >= 11 is 6.48. The van der Waals surface area contributed by atoms with Crippen molar-refractivity contribution >= 4 is 45.1 Å². The molecule has 2 fully saturated rings. The van der Waals surface area contributed by atoms with Crippen LogP contribution in [0.1, 0.15) is 36.7 Å². The summed E-state index contributed by atoms with van der Waals surface area (Å²) in [5.74, 6) is -3.69. The van der Waals surface area contributed by atoms with E-state index in [1.807, 2.05) is 0 Å². The standard InChI is InChI=1S/C32H44ClF2N3O8Si2/c1-32(2,3)48(7,8)46-25-16-43-26-24(15-42-27(25)26)45-31-36-23-13-20(33)29(37-28(23)38(31)17-41-9-10-47(4,5)6)44-14-19-21(34)11-18(30(39)40)12-22(19)35/h11-13,24-27H,9-10,14-17H2,1-8H3,(H,39,40)/t24-,25-,26-,27-/m1/s1. The first-order valence-corrected chi connectivity index (χ1v) is 22.9. The minimum Gasteiger partial charge on any atom is -0.478 e. The molecular formula is C32H44ClF2N3O8Si2. The summed E-state index contributed by atoms with van der Waals surface area (Å²) in [4.78, 5) is 20.4. The highest BCUT2D eigenvalue weighted by Crippen LogP contribution is 2.41. The molecule has 1 aromatic carbocycles. The van der Waals surface area contributed by atoms with E-state index in [2.05, 4.69) is 63.5 Å². The van der Waals surface area contributed by atoms with Crippen LogP contribution in [-0.2, 0) is 32.0 Å². The Hall–Kier alpha value is -2.67. The third-order valence-electron chi connectivity index (χ3n) is 9.04. The number of hydrogen-bond donors (Lipinski definition) is 1. The lowest BCUT2D eigenvalue weighted by Crippen LogP contribution is -2.47. The monoisotopic (exact) mass is 727 g/mol. The van der Waals surface area contributed by atoms with Crippen LogP contribution in [0.2, 0.25) is 48.8 Å². The zero-order chi connectivity index (χ0) is 35.2. The lowest BCUT2D eigenvalue weighted by atomic mass is 10.1. The van der Waals surface area contributed by atoms with Crippen molar-refractivity contribution in [3.05, 3.63) is 46.0 Å². The molecule has 1 N–H and O–H groups in total. The van der Waals surface area contributed by atoms with Crippen molar-refractivity contribution in [1.29, 1.82) is 0 Å². The highest BCUT2D eigenvalue weighted by molar-refractivity contribution is 6.76. The van der Waals surface area contributed by atoms with Crippen LogP contribution in [0.15, 0.2) is 18.2 Å². The van der Waals surface area contributed by atoms with Crippen LogP contribution in [0.3, 0.4) is 0 Å². The Morgan fingerprint density at radius 2 is 1.67 bits per heavy atom. The number of pyridine rings is 1. The number of carboxylic acids is 1. The van der Waals surface area contributed by atoms with Gasteiger partial charge in [0, 0.05) is 14.7 Å². The van der Waals surface area contributed by atoms with Gasteiger partial charge in [0.15, 0.2) is 20.1 Å². The first-order chi connectivity index (χ1) is 22.3. The lowest BCUT2D eigenvalue weighted by Gasteiger charge is -2.39. The van der Waals surface area contributed by atoms with Crippen LogP contribution < -0.4 is 9.47 Å².